The summed E-state index contributed by atoms with van der Waals surface area (Å²) in [5.41, 5.74) is 0.00437. The van der Waals surface area contributed by atoms with E-state index in [1.165, 1.54) is 12.1 Å². The second kappa shape index (κ2) is 5.41. The van der Waals surface area contributed by atoms with Gasteiger partial charge in [-0.3, -0.25) is 9.69 Å². The molecule has 3 heteroatoms. The SMILES string of the molecule is CCN(CC)C(C)(C)C(=O)c1ccc(F)cc1. The molecule has 0 bridgehead atoms. The van der Waals surface area contributed by atoms with Gasteiger partial charge in [-0.15, -0.1) is 0 Å². The molecule has 0 aliphatic heterocycles. The Labute approximate surface area is 102 Å². The fourth-order valence-electron chi connectivity index (χ4n) is 2.11. The van der Waals surface area contributed by atoms with Gasteiger partial charge in [0.2, 0.25) is 0 Å². The quantitative estimate of drug-likeness (QED) is 0.733. The highest BCUT2D eigenvalue weighted by atomic mass is 19.1. The van der Waals surface area contributed by atoms with Gasteiger partial charge in [0.1, 0.15) is 5.82 Å². The molecule has 0 N–H and O–H groups in total. The van der Waals surface area contributed by atoms with Crippen LogP contribution in [0.15, 0.2) is 24.3 Å². The van der Waals surface area contributed by atoms with E-state index in [0.29, 0.717) is 5.56 Å². The standard InChI is InChI=1S/C14H20FNO/c1-5-16(6-2)14(3,4)13(17)11-7-9-12(15)10-8-11/h7-10H,5-6H2,1-4H3. The molecule has 1 aromatic rings. The molecule has 0 saturated heterocycles. The van der Waals surface area contributed by atoms with Crippen molar-refractivity contribution < 1.29 is 9.18 Å². The Hall–Kier alpha value is -1.22. The van der Waals surface area contributed by atoms with Crippen molar-refractivity contribution in [2.45, 2.75) is 33.2 Å². The highest BCUT2D eigenvalue weighted by Gasteiger charge is 2.33. The fourth-order valence-corrected chi connectivity index (χ4v) is 2.11. The minimum atomic E-state index is -0.554. The van der Waals surface area contributed by atoms with Crippen molar-refractivity contribution in [2.24, 2.45) is 0 Å². The van der Waals surface area contributed by atoms with Crippen LogP contribution in [0.3, 0.4) is 0 Å². The molecule has 1 rings (SSSR count). The molecule has 0 aliphatic carbocycles. The van der Waals surface area contributed by atoms with Crippen LogP contribution in [-0.4, -0.2) is 29.3 Å². The molecule has 0 saturated carbocycles. The van der Waals surface area contributed by atoms with Gasteiger partial charge >= 0.3 is 0 Å². The molecule has 0 spiro atoms. The third kappa shape index (κ3) is 2.91. The van der Waals surface area contributed by atoms with Crippen molar-refractivity contribution in [3.8, 4) is 0 Å². The van der Waals surface area contributed by atoms with Gasteiger partial charge in [0.15, 0.2) is 5.78 Å². The third-order valence-corrected chi connectivity index (χ3v) is 3.22. The Kier molecular flexibility index (Phi) is 4.40. The number of ketones is 1. The molecule has 94 valence electrons. The van der Waals surface area contributed by atoms with Crippen molar-refractivity contribution in [2.75, 3.05) is 13.1 Å². The summed E-state index contributed by atoms with van der Waals surface area (Å²) in [6.45, 7) is 9.51. The van der Waals surface area contributed by atoms with E-state index < -0.39 is 5.54 Å². The largest absolute Gasteiger partial charge is 0.292 e. The lowest BCUT2D eigenvalue weighted by Crippen LogP contribution is -2.49. The summed E-state index contributed by atoms with van der Waals surface area (Å²) in [6, 6.07) is 5.74. The smallest absolute Gasteiger partial charge is 0.182 e. The Morgan fingerprint density at radius 2 is 1.65 bits per heavy atom. The molecule has 0 heterocycles. The average Bonchev–Trinajstić information content (AvgIpc) is 2.30. The lowest BCUT2D eigenvalue weighted by atomic mass is 9.91. The van der Waals surface area contributed by atoms with Crippen LogP contribution >= 0.6 is 0 Å². The Morgan fingerprint density at radius 1 is 1.18 bits per heavy atom. The van der Waals surface area contributed by atoms with Crippen LogP contribution in [0.4, 0.5) is 4.39 Å². The van der Waals surface area contributed by atoms with Crippen LogP contribution in [0.5, 0.6) is 0 Å². The van der Waals surface area contributed by atoms with E-state index in [1.807, 2.05) is 27.7 Å². The maximum absolute atomic E-state index is 12.8. The molecule has 0 atom stereocenters. The van der Waals surface area contributed by atoms with Crippen molar-refractivity contribution >= 4 is 5.78 Å². The molecule has 0 amide bonds. The van der Waals surface area contributed by atoms with Crippen molar-refractivity contribution in [1.82, 2.24) is 4.90 Å². The highest BCUT2D eigenvalue weighted by molar-refractivity contribution is 6.02. The third-order valence-electron chi connectivity index (χ3n) is 3.22. The molecule has 1 aromatic carbocycles. The average molecular weight is 237 g/mol. The minimum Gasteiger partial charge on any atom is -0.292 e. The molecular formula is C14H20FNO. The van der Waals surface area contributed by atoms with E-state index in [0.717, 1.165) is 13.1 Å². The summed E-state index contributed by atoms with van der Waals surface area (Å²) in [4.78, 5) is 14.5. The number of likely N-dealkylation sites (N-methyl/N-ethyl adjacent to an activating group) is 1. The van der Waals surface area contributed by atoms with E-state index in [-0.39, 0.29) is 11.6 Å². The van der Waals surface area contributed by atoms with Crippen LogP contribution in [0.25, 0.3) is 0 Å². The predicted molar refractivity (Wildman–Crippen MR) is 67.7 cm³/mol. The summed E-state index contributed by atoms with van der Waals surface area (Å²) < 4.78 is 12.8. The fraction of sp³-hybridized carbons (Fsp3) is 0.500. The van der Waals surface area contributed by atoms with E-state index in [1.54, 1.807) is 12.1 Å². The zero-order valence-electron chi connectivity index (χ0n) is 11.0. The van der Waals surface area contributed by atoms with E-state index >= 15 is 0 Å². The first-order valence-corrected chi connectivity index (χ1v) is 5.98. The molecule has 2 nitrogen and oxygen atoms in total. The second-order valence-electron chi connectivity index (χ2n) is 4.57. The van der Waals surface area contributed by atoms with Crippen LogP contribution in [0, 0.1) is 5.82 Å². The molecule has 17 heavy (non-hydrogen) atoms. The number of nitrogens with zero attached hydrogens (tertiary/aromatic N) is 1. The Balaban J connectivity index is 2.99. The van der Waals surface area contributed by atoms with Gasteiger partial charge in [-0.2, -0.15) is 0 Å². The summed E-state index contributed by atoms with van der Waals surface area (Å²) >= 11 is 0. The number of rotatable bonds is 5. The lowest BCUT2D eigenvalue weighted by Gasteiger charge is -2.35. The second-order valence-corrected chi connectivity index (χ2v) is 4.57. The zero-order chi connectivity index (χ0) is 13.1. The summed E-state index contributed by atoms with van der Waals surface area (Å²) in [5.74, 6) is -0.289. The molecule has 0 aromatic heterocycles. The summed E-state index contributed by atoms with van der Waals surface area (Å²) in [5, 5.41) is 0. The summed E-state index contributed by atoms with van der Waals surface area (Å²) in [6.07, 6.45) is 0. The topological polar surface area (TPSA) is 20.3 Å². The van der Waals surface area contributed by atoms with Crippen LogP contribution < -0.4 is 0 Å². The minimum absolute atomic E-state index is 0.0289. The van der Waals surface area contributed by atoms with Crippen LogP contribution in [-0.2, 0) is 0 Å². The van der Waals surface area contributed by atoms with Crippen molar-refractivity contribution in [1.29, 1.82) is 0 Å². The zero-order valence-corrected chi connectivity index (χ0v) is 11.0. The Bertz CT molecular complexity index is 380. The monoisotopic (exact) mass is 237 g/mol. The van der Waals surface area contributed by atoms with Crippen molar-refractivity contribution in [3.05, 3.63) is 35.6 Å². The first-order valence-electron chi connectivity index (χ1n) is 5.98. The van der Waals surface area contributed by atoms with Gasteiger partial charge in [0.25, 0.3) is 0 Å². The predicted octanol–water partition coefficient (Wildman–Crippen LogP) is 3.13. The van der Waals surface area contributed by atoms with Gasteiger partial charge < -0.3 is 0 Å². The maximum atomic E-state index is 12.8. The van der Waals surface area contributed by atoms with Gasteiger partial charge in [0, 0.05) is 5.56 Å². The first-order chi connectivity index (χ1) is 7.93. The number of halogens is 1. The normalized spacial score (nSPS) is 11.9. The highest BCUT2D eigenvalue weighted by Crippen LogP contribution is 2.20. The van der Waals surface area contributed by atoms with E-state index in [2.05, 4.69) is 4.90 Å². The van der Waals surface area contributed by atoms with Gasteiger partial charge in [-0.1, -0.05) is 13.8 Å². The number of benzene rings is 1. The molecule has 0 fully saturated rings. The number of carbonyl (C=O) groups excluding carboxylic acids is 1. The number of carbonyl (C=O) groups is 1. The van der Waals surface area contributed by atoms with E-state index in [4.69, 9.17) is 0 Å². The number of Topliss-reactive ketones (excluding diaryl/α,β-unsaturated/α-hetero) is 1. The molecule has 0 unspecified atom stereocenters. The lowest BCUT2D eigenvalue weighted by molar-refractivity contribution is 0.0668. The van der Waals surface area contributed by atoms with Crippen molar-refractivity contribution in [3.63, 3.8) is 0 Å². The number of hydrogen-bond acceptors (Lipinski definition) is 2. The first kappa shape index (κ1) is 13.8. The van der Waals surface area contributed by atoms with Crippen LogP contribution in [0.2, 0.25) is 0 Å². The van der Waals surface area contributed by atoms with Gasteiger partial charge in [0.05, 0.1) is 5.54 Å². The molecule has 0 aliphatic rings. The van der Waals surface area contributed by atoms with E-state index in [9.17, 15) is 9.18 Å². The van der Waals surface area contributed by atoms with Crippen LogP contribution in [0.1, 0.15) is 38.1 Å². The summed E-state index contributed by atoms with van der Waals surface area (Å²) in [7, 11) is 0. The van der Waals surface area contributed by atoms with Gasteiger partial charge in [-0.25, -0.2) is 4.39 Å². The molecule has 0 radical (unpaired) electrons. The van der Waals surface area contributed by atoms with Gasteiger partial charge in [-0.05, 0) is 51.2 Å². The molecular weight excluding hydrogens is 217 g/mol. The Morgan fingerprint density at radius 3 is 2.06 bits per heavy atom. The maximum Gasteiger partial charge on any atom is 0.182 e. The number of hydrogen-bond donors (Lipinski definition) is 0.